The average Bonchev–Trinajstić information content (AvgIpc) is 2.50. The van der Waals surface area contributed by atoms with Crippen LogP contribution in [0.25, 0.3) is 0 Å². The maximum atomic E-state index is 6.08. The van der Waals surface area contributed by atoms with E-state index in [1.807, 2.05) is 0 Å². The van der Waals surface area contributed by atoms with Crippen molar-refractivity contribution in [1.29, 1.82) is 0 Å². The molecular weight excluding hydrogens is 241 g/mol. The highest BCUT2D eigenvalue weighted by Crippen LogP contribution is 2.33. The summed E-state index contributed by atoms with van der Waals surface area (Å²) in [5.74, 6) is 0.112. The van der Waals surface area contributed by atoms with E-state index >= 15 is 0 Å². The smallest absolute Gasteiger partial charge is 0.0760 e. The van der Waals surface area contributed by atoms with E-state index in [0.29, 0.717) is 0 Å². The first-order valence-electron chi connectivity index (χ1n) is 7.18. The highest BCUT2D eigenvalue weighted by atomic mass is 15.2. The van der Waals surface area contributed by atoms with E-state index in [9.17, 15) is 0 Å². The topological polar surface area (TPSA) is 3.24 Å². The fraction of sp³-hybridized carbons (Fsp3) is 0.222. The zero-order valence-electron chi connectivity index (χ0n) is 11.6. The van der Waals surface area contributed by atoms with Crippen LogP contribution in [0.3, 0.4) is 0 Å². The van der Waals surface area contributed by atoms with Gasteiger partial charge < -0.3 is 4.90 Å². The quantitative estimate of drug-likeness (QED) is 0.721. The lowest BCUT2D eigenvalue weighted by atomic mass is 9.80. The highest BCUT2D eigenvalue weighted by Gasteiger charge is 2.19. The second-order valence-corrected chi connectivity index (χ2v) is 5.21. The van der Waals surface area contributed by atoms with Gasteiger partial charge in [-0.05, 0) is 43.5 Å². The lowest BCUT2D eigenvalue weighted by Crippen LogP contribution is -2.24. The second kappa shape index (κ2) is 6.00. The van der Waals surface area contributed by atoms with Crippen LogP contribution < -0.4 is 4.90 Å². The zero-order chi connectivity index (χ0) is 13.8. The molecule has 0 saturated heterocycles. The van der Waals surface area contributed by atoms with Gasteiger partial charge in [0, 0.05) is 17.1 Å². The molecule has 1 unspecified atom stereocenters. The van der Waals surface area contributed by atoms with Gasteiger partial charge in [-0.2, -0.15) is 0 Å². The molecular formula is C18H18BN. The molecule has 0 aromatic heterocycles. The van der Waals surface area contributed by atoms with Gasteiger partial charge in [0.1, 0.15) is 0 Å². The van der Waals surface area contributed by atoms with Crippen molar-refractivity contribution < 1.29 is 0 Å². The molecule has 0 saturated carbocycles. The van der Waals surface area contributed by atoms with Crippen molar-refractivity contribution in [3.8, 4) is 0 Å². The third-order valence-electron chi connectivity index (χ3n) is 3.67. The van der Waals surface area contributed by atoms with E-state index < -0.39 is 0 Å². The van der Waals surface area contributed by atoms with E-state index in [-0.39, 0.29) is 5.82 Å². The number of nitrogens with zero attached hydrogens (tertiary/aromatic N) is 1. The summed E-state index contributed by atoms with van der Waals surface area (Å²) in [6, 6.07) is 10.5. The molecule has 0 bridgehead atoms. The van der Waals surface area contributed by atoms with Crippen LogP contribution in [0.5, 0.6) is 0 Å². The Bertz CT molecular complexity index is 581. The summed E-state index contributed by atoms with van der Waals surface area (Å²) in [4.78, 5) is 2.35. The summed E-state index contributed by atoms with van der Waals surface area (Å²) in [7, 11) is 6.08. The Hall–Kier alpha value is -1.96. The van der Waals surface area contributed by atoms with Gasteiger partial charge in [-0.3, -0.25) is 0 Å². The lowest BCUT2D eigenvalue weighted by molar-refractivity contribution is 0.836. The maximum Gasteiger partial charge on any atom is 0.0760 e. The Morgan fingerprint density at radius 2 is 1.80 bits per heavy atom. The van der Waals surface area contributed by atoms with Gasteiger partial charge in [0.25, 0.3) is 0 Å². The zero-order valence-corrected chi connectivity index (χ0v) is 11.6. The molecule has 98 valence electrons. The summed E-state index contributed by atoms with van der Waals surface area (Å²) in [6.07, 6.45) is 15.9. The van der Waals surface area contributed by atoms with E-state index in [0.717, 1.165) is 19.3 Å². The Labute approximate surface area is 122 Å². The number of hydrogen-bond acceptors (Lipinski definition) is 1. The van der Waals surface area contributed by atoms with Gasteiger partial charge in [-0.1, -0.05) is 48.3 Å². The van der Waals surface area contributed by atoms with Gasteiger partial charge in [-0.15, -0.1) is 0 Å². The summed E-state index contributed by atoms with van der Waals surface area (Å²) in [5.41, 5.74) is 3.82. The lowest BCUT2D eigenvalue weighted by Gasteiger charge is -2.33. The van der Waals surface area contributed by atoms with Gasteiger partial charge in [0.15, 0.2) is 0 Å². The van der Waals surface area contributed by atoms with E-state index in [4.69, 9.17) is 7.85 Å². The Morgan fingerprint density at radius 3 is 2.50 bits per heavy atom. The SMILES string of the molecule is [B]C1C=CC=C(N(C2=CC=CCC2)c2ccccc2)C1. The third-order valence-corrected chi connectivity index (χ3v) is 3.67. The van der Waals surface area contributed by atoms with Crippen molar-refractivity contribution in [2.75, 3.05) is 4.90 Å². The van der Waals surface area contributed by atoms with Crippen LogP contribution in [-0.2, 0) is 0 Å². The summed E-state index contributed by atoms with van der Waals surface area (Å²) < 4.78 is 0. The van der Waals surface area contributed by atoms with Crippen LogP contribution in [-0.4, -0.2) is 7.85 Å². The van der Waals surface area contributed by atoms with E-state index in [2.05, 4.69) is 71.7 Å². The first-order valence-corrected chi connectivity index (χ1v) is 7.18. The fourth-order valence-electron chi connectivity index (χ4n) is 2.72. The fourth-order valence-corrected chi connectivity index (χ4v) is 2.72. The second-order valence-electron chi connectivity index (χ2n) is 5.21. The van der Waals surface area contributed by atoms with Crippen molar-refractivity contribution in [2.45, 2.75) is 25.1 Å². The Balaban J connectivity index is 2.00. The molecule has 1 aromatic rings. The minimum atomic E-state index is 0.112. The molecule has 3 rings (SSSR count). The normalized spacial score (nSPS) is 21.3. The summed E-state index contributed by atoms with van der Waals surface area (Å²) >= 11 is 0. The van der Waals surface area contributed by atoms with Crippen LogP contribution >= 0.6 is 0 Å². The van der Waals surface area contributed by atoms with Gasteiger partial charge >= 0.3 is 0 Å². The Kier molecular flexibility index (Phi) is 3.91. The number of hydrogen-bond donors (Lipinski definition) is 0. The van der Waals surface area contributed by atoms with Gasteiger partial charge in [-0.25, -0.2) is 0 Å². The highest BCUT2D eigenvalue weighted by molar-refractivity contribution is 6.13. The molecule has 1 aromatic carbocycles. The number of para-hydroxylation sites is 1. The average molecular weight is 259 g/mol. The van der Waals surface area contributed by atoms with Crippen molar-refractivity contribution >= 4 is 13.5 Å². The molecule has 0 aliphatic heterocycles. The van der Waals surface area contributed by atoms with Crippen LogP contribution in [0.4, 0.5) is 5.69 Å². The first kappa shape index (κ1) is 13.0. The number of rotatable bonds is 3. The van der Waals surface area contributed by atoms with E-state index in [1.165, 1.54) is 17.1 Å². The third kappa shape index (κ3) is 2.80. The Morgan fingerprint density at radius 1 is 1.00 bits per heavy atom. The summed E-state index contributed by atoms with van der Waals surface area (Å²) in [5, 5.41) is 0. The molecule has 1 nitrogen and oxygen atoms in total. The molecule has 0 spiro atoms. The maximum absolute atomic E-state index is 6.08. The number of allylic oxidation sites excluding steroid dienone is 8. The van der Waals surface area contributed by atoms with Gasteiger partial charge in [0.2, 0.25) is 0 Å². The van der Waals surface area contributed by atoms with Crippen molar-refractivity contribution in [1.82, 2.24) is 0 Å². The number of benzene rings is 1. The van der Waals surface area contributed by atoms with Crippen LogP contribution in [0, 0.1) is 0 Å². The molecule has 2 aliphatic carbocycles. The van der Waals surface area contributed by atoms with Crippen LogP contribution in [0.2, 0.25) is 5.82 Å². The predicted molar refractivity (Wildman–Crippen MR) is 86.7 cm³/mol. The largest absolute Gasteiger partial charge is 0.318 e. The van der Waals surface area contributed by atoms with Crippen molar-refractivity contribution in [3.05, 3.63) is 78.2 Å². The van der Waals surface area contributed by atoms with Gasteiger partial charge in [0.05, 0.1) is 7.85 Å². The van der Waals surface area contributed by atoms with Crippen LogP contribution in [0.1, 0.15) is 19.3 Å². The monoisotopic (exact) mass is 259 g/mol. The van der Waals surface area contributed by atoms with Crippen LogP contribution in [0.15, 0.2) is 78.2 Å². The number of anilines is 1. The molecule has 1 atom stereocenters. The molecule has 2 heteroatoms. The predicted octanol–water partition coefficient (Wildman–Crippen LogP) is 4.53. The molecule has 20 heavy (non-hydrogen) atoms. The van der Waals surface area contributed by atoms with Crippen molar-refractivity contribution in [2.24, 2.45) is 0 Å². The molecule has 2 aliphatic rings. The minimum Gasteiger partial charge on any atom is -0.318 e. The molecule has 0 heterocycles. The first-order chi connectivity index (χ1) is 9.84. The molecule has 0 fully saturated rings. The summed E-state index contributed by atoms with van der Waals surface area (Å²) in [6.45, 7) is 0. The van der Waals surface area contributed by atoms with E-state index in [1.54, 1.807) is 0 Å². The minimum absolute atomic E-state index is 0.112. The standard InChI is InChI=1S/C18H18BN/c19-15-8-7-13-18(14-15)20(16-9-3-1-4-10-16)17-11-5-2-6-12-17/h1-5,7-11,13,15H,6,12,14H2. The molecule has 0 N–H and O–H groups in total. The van der Waals surface area contributed by atoms with Crippen molar-refractivity contribution in [3.63, 3.8) is 0 Å². The molecule has 2 radical (unpaired) electrons. The molecule has 0 amide bonds.